The molecule has 0 atom stereocenters. The molecule has 1 aliphatic rings. The lowest BCUT2D eigenvalue weighted by Gasteiger charge is -2.29. The van der Waals surface area contributed by atoms with Crippen LogP contribution in [-0.4, -0.2) is 45.4 Å². The number of ether oxygens (including phenoxy) is 3. The number of nitrogens with zero attached hydrogens (tertiary/aromatic N) is 1. The average Bonchev–Trinajstić information content (AvgIpc) is 2.42. The Hall–Kier alpha value is -2.28. The first-order valence-electron chi connectivity index (χ1n) is 6.09. The van der Waals surface area contributed by atoms with Crippen LogP contribution in [0.3, 0.4) is 0 Å². The number of esters is 1. The highest BCUT2D eigenvalue weighted by atomic mass is 16.6. The number of benzene rings is 1. The van der Waals surface area contributed by atoms with E-state index < -0.39 is 5.97 Å². The van der Waals surface area contributed by atoms with Gasteiger partial charge in [0, 0.05) is 7.11 Å². The Morgan fingerprint density at radius 1 is 1.45 bits per heavy atom. The first-order valence-corrected chi connectivity index (χ1v) is 6.09. The Morgan fingerprint density at radius 2 is 2.25 bits per heavy atom. The van der Waals surface area contributed by atoms with Gasteiger partial charge < -0.3 is 19.9 Å². The van der Waals surface area contributed by atoms with Crippen molar-refractivity contribution in [1.82, 2.24) is 0 Å². The second kappa shape index (κ2) is 6.25. The van der Waals surface area contributed by atoms with Crippen LogP contribution in [0.15, 0.2) is 18.2 Å². The average molecular weight is 280 g/mol. The lowest BCUT2D eigenvalue weighted by Crippen LogP contribution is -2.43. The third kappa shape index (κ3) is 3.00. The van der Waals surface area contributed by atoms with E-state index in [4.69, 9.17) is 19.9 Å². The molecule has 1 aliphatic heterocycles. The van der Waals surface area contributed by atoms with Gasteiger partial charge in [-0.1, -0.05) is 6.07 Å². The minimum Gasteiger partial charge on any atom is -0.481 e. The molecule has 0 unspecified atom stereocenters. The molecule has 1 aromatic carbocycles. The number of carbonyl (C=O) groups excluding carboxylic acids is 2. The van der Waals surface area contributed by atoms with Crippen LogP contribution < -0.4 is 15.4 Å². The number of hydrogen-bond acceptors (Lipinski definition) is 6. The van der Waals surface area contributed by atoms with Gasteiger partial charge in [0.2, 0.25) is 0 Å². The van der Waals surface area contributed by atoms with Crippen LogP contribution >= 0.6 is 0 Å². The molecule has 0 saturated carbocycles. The molecule has 20 heavy (non-hydrogen) atoms. The zero-order valence-corrected chi connectivity index (χ0v) is 11.1. The van der Waals surface area contributed by atoms with Crippen LogP contribution in [0.5, 0.6) is 5.75 Å². The van der Waals surface area contributed by atoms with Crippen LogP contribution in [0.1, 0.15) is 0 Å². The van der Waals surface area contributed by atoms with Crippen LogP contribution in [0.25, 0.3) is 0 Å². The lowest BCUT2D eigenvalue weighted by molar-refractivity contribution is -0.144. The van der Waals surface area contributed by atoms with Gasteiger partial charge in [-0.2, -0.15) is 0 Å². The molecule has 1 amide bonds. The van der Waals surface area contributed by atoms with Gasteiger partial charge in [-0.3, -0.25) is 14.5 Å². The van der Waals surface area contributed by atoms with E-state index in [-0.39, 0.29) is 25.7 Å². The zero-order valence-electron chi connectivity index (χ0n) is 11.1. The maximum absolute atomic E-state index is 11.9. The lowest BCUT2D eigenvalue weighted by atomic mass is 10.2. The van der Waals surface area contributed by atoms with E-state index >= 15 is 0 Å². The SMILES string of the molecule is COCCOC(=O)CN1C(=O)COc2cccc(N)c21. The minimum absolute atomic E-state index is 0.123. The first kappa shape index (κ1) is 14.1. The highest BCUT2D eigenvalue weighted by Crippen LogP contribution is 2.36. The molecule has 0 radical (unpaired) electrons. The summed E-state index contributed by atoms with van der Waals surface area (Å²) in [5, 5.41) is 0. The monoisotopic (exact) mass is 280 g/mol. The molecular formula is C13H16N2O5. The fourth-order valence-corrected chi connectivity index (χ4v) is 1.87. The largest absolute Gasteiger partial charge is 0.481 e. The predicted molar refractivity (Wildman–Crippen MR) is 71.5 cm³/mol. The normalized spacial score (nSPS) is 13.7. The van der Waals surface area contributed by atoms with Crippen molar-refractivity contribution in [2.24, 2.45) is 0 Å². The third-order valence-electron chi connectivity index (χ3n) is 2.79. The van der Waals surface area contributed by atoms with Crippen molar-refractivity contribution < 1.29 is 23.8 Å². The number of rotatable bonds is 5. The summed E-state index contributed by atoms with van der Waals surface area (Å²) >= 11 is 0. The van der Waals surface area contributed by atoms with E-state index in [0.717, 1.165) is 0 Å². The van der Waals surface area contributed by atoms with Crippen LogP contribution in [0.2, 0.25) is 0 Å². The molecule has 7 nitrogen and oxygen atoms in total. The molecule has 1 aromatic rings. The van der Waals surface area contributed by atoms with E-state index in [2.05, 4.69) is 0 Å². The summed E-state index contributed by atoms with van der Waals surface area (Å²) in [6.45, 7) is 0.126. The van der Waals surface area contributed by atoms with Crippen LogP contribution in [0.4, 0.5) is 11.4 Å². The number of para-hydroxylation sites is 1. The molecule has 0 aromatic heterocycles. The molecule has 0 spiro atoms. The van der Waals surface area contributed by atoms with Crippen molar-refractivity contribution in [3.8, 4) is 5.75 Å². The standard InChI is InChI=1S/C13H16N2O5/c1-18-5-6-19-12(17)7-15-11(16)8-20-10-4-2-3-9(14)13(10)15/h2-4H,5-8,14H2,1H3. The van der Waals surface area contributed by atoms with Gasteiger partial charge in [0.15, 0.2) is 6.61 Å². The van der Waals surface area contributed by atoms with Gasteiger partial charge in [0.05, 0.1) is 12.3 Å². The Bertz CT molecular complexity index is 517. The maximum Gasteiger partial charge on any atom is 0.326 e. The number of methoxy groups -OCH3 is 1. The van der Waals surface area contributed by atoms with E-state index in [0.29, 0.717) is 23.7 Å². The molecule has 0 aliphatic carbocycles. The summed E-state index contributed by atoms with van der Waals surface area (Å²) in [4.78, 5) is 24.9. The van der Waals surface area contributed by atoms with Crippen molar-refractivity contribution in [3.05, 3.63) is 18.2 Å². The Morgan fingerprint density at radius 3 is 3.00 bits per heavy atom. The fourth-order valence-electron chi connectivity index (χ4n) is 1.87. The number of carbonyl (C=O) groups is 2. The molecule has 0 bridgehead atoms. The predicted octanol–water partition coefficient (Wildman–Crippen LogP) is 0.184. The summed E-state index contributed by atoms with van der Waals surface area (Å²) in [6, 6.07) is 5.06. The van der Waals surface area contributed by atoms with Gasteiger partial charge >= 0.3 is 5.97 Å². The number of nitrogen functional groups attached to an aromatic ring is 1. The molecule has 2 rings (SSSR count). The Labute approximate surface area is 116 Å². The maximum atomic E-state index is 11.9. The number of fused-ring (bicyclic) bond motifs is 1. The molecule has 0 saturated heterocycles. The summed E-state index contributed by atoms with van der Waals surface area (Å²) in [5.41, 5.74) is 6.63. The summed E-state index contributed by atoms with van der Waals surface area (Å²) in [6.07, 6.45) is 0. The quantitative estimate of drug-likeness (QED) is 0.470. The van der Waals surface area contributed by atoms with E-state index in [9.17, 15) is 9.59 Å². The third-order valence-corrected chi connectivity index (χ3v) is 2.79. The highest BCUT2D eigenvalue weighted by molar-refractivity contribution is 6.04. The van der Waals surface area contributed by atoms with Crippen LogP contribution in [-0.2, 0) is 19.1 Å². The minimum atomic E-state index is -0.522. The van der Waals surface area contributed by atoms with Gasteiger partial charge in [-0.25, -0.2) is 0 Å². The molecule has 2 N–H and O–H groups in total. The molecule has 0 fully saturated rings. The molecular weight excluding hydrogens is 264 g/mol. The number of hydrogen-bond donors (Lipinski definition) is 1. The van der Waals surface area contributed by atoms with Crippen molar-refractivity contribution in [2.45, 2.75) is 0 Å². The van der Waals surface area contributed by atoms with E-state index in [1.165, 1.54) is 12.0 Å². The van der Waals surface area contributed by atoms with Crippen molar-refractivity contribution in [1.29, 1.82) is 0 Å². The van der Waals surface area contributed by atoms with Gasteiger partial charge in [0.25, 0.3) is 5.91 Å². The summed E-state index contributed by atoms with van der Waals surface area (Å²) in [7, 11) is 1.51. The van der Waals surface area contributed by atoms with Gasteiger partial charge in [-0.15, -0.1) is 0 Å². The molecule has 1 heterocycles. The van der Waals surface area contributed by atoms with Gasteiger partial charge in [-0.05, 0) is 12.1 Å². The topological polar surface area (TPSA) is 91.1 Å². The molecule has 7 heteroatoms. The highest BCUT2D eigenvalue weighted by Gasteiger charge is 2.29. The first-order chi connectivity index (χ1) is 9.63. The van der Waals surface area contributed by atoms with E-state index in [1.54, 1.807) is 18.2 Å². The zero-order chi connectivity index (χ0) is 14.5. The number of anilines is 2. The summed E-state index contributed by atoms with van der Waals surface area (Å²) < 4.78 is 15.0. The van der Waals surface area contributed by atoms with E-state index in [1.807, 2.05) is 0 Å². The van der Waals surface area contributed by atoms with Crippen molar-refractivity contribution in [3.63, 3.8) is 0 Å². The number of amides is 1. The van der Waals surface area contributed by atoms with Crippen molar-refractivity contribution >= 4 is 23.3 Å². The Kier molecular flexibility index (Phi) is 4.41. The van der Waals surface area contributed by atoms with Crippen LogP contribution in [0, 0.1) is 0 Å². The van der Waals surface area contributed by atoms with Gasteiger partial charge in [0.1, 0.15) is 24.6 Å². The second-order valence-corrected chi connectivity index (χ2v) is 4.18. The Balaban J connectivity index is 2.11. The molecule has 108 valence electrons. The summed E-state index contributed by atoms with van der Waals surface area (Å²) in [5.74, 6) is -0.375. The number of nitrogens with two attached hydrogens (primary N) is 1. The van der Waals surface area contributed by atoms with Crippen molar-refractivity contribution in [2.75, 3.05) is 44.1 Å². The smallest absolute Gasteiger partial charge is 0.326 e. The fraction of sp³-hybridized carbons (Fsp3) is 0.385. The second-order valence-electron chi connectivity index (χ2n) is 4.18.